The van der Waals surface area contributed by atoms with Gasteiger partial charge < -0.3 is 15.3 Å². The molecule has 1 amide bonds. The van der Waals surface area contributed by atoms with Crippen LogP contribution in [0.3, 0.4) is 0 Å². The summed E-state index contributed by atoms with van der Waals surface area (Å²) in [4.78, 5) is 40.2. The van der Waals surface area contributed by atoms with E-state index in [9.17, 15) is 14.4 Å². The Morgan fingerprint density at radius 3 is 2.04 bits per heavy atom. The third kappa shape index (κ3) is 4.79. The van der Waals surface area contributed by atoms with E-state index in [4.69, 9.17) is 15.3 Å². The molecule has 24 heavy (non-hydrogen) atoms. The molecule has 3 N–H and O–H groups in total. The molecule has 0 fully saturated rings. The molecular weight excluding hydrogens is 312 g/mol. The zero-order chi connectivity index (χ0) is 18.2. The van der Waals surface area contributed by atoms with Crippen LogP contribution in [0.1, 0.15) is 44.7 Å². The number of carbonyl (C=O) groups excluding carboxylic acids is 3. The second-order valence-electron chi connectivity index (χ2n) is 5.43. The van der Waals surface area contributed by atoms with E-state index in [0.29, 0.717) is 6.54 Å². The van der Waals surface area contributed by atoms with E-state index in [2.05, 4.69) is 0 Å². The second kappa shape index (κ2) is 9.02. The Morgan fingerprint density at radius 2 is 1.58 bits per heavy atom. The van der Waals surface area contributed by atoms with Crippen LogP contribution in [0, 0.1) is 5.41 Å². The van der Waals surface area contributed by atoms with Gasteiger partial charge in [-0.1, -0.05) is 38.1 Å². The molecule has 0 saturated heterocycles. The van der Waals surface area contributed by atoms with Gasteiger partial charge in [-0.25, -0.2) is 4.79 Å². The van der Waals surface area contributed by atoms with Gasteiger partial charge in [-0.3, -0.25) is 9.59 Å². The van der Waals surface area contributed by atoms with Crippen molar-refractivity contribution in [2.45, 2.75) is 46.8 Å². The third-order valence-electron chi connectivity index (χ3n) is 3.90. The van der Waals surface area contributed by atoms with Crippen LogP contribution in [0.15, 0.2) is 24.3 Å². The quantitative estimate of drug-likeness (QED) is 0.445. The summed E-state index contributed by atoms with van der Waals surface area (Å²) in [6.07, 6.45) is 0.403. The molecule has 0 atom stereocenters. The van der Waals surface area contributed by atoms with Crippen molar-refractivity contribution in [3.05, 3.63) is 35.4 Å². The summed E-state index contributed by atoms with van der Waals surface area (Å²) in [7, 11) is 0. The number of rotatable bonds is 7. The number of hydrogen-bond donors (Lipinski definition) is 2. The van der Waals surface area contributed by atoms with Gasteiger partial charge in [0.15, 0.2) is 5.41 Å². The highest BCUT2D eigenvalue weighted by Gasteiger charge is 2.46. The minimum absolute atomic E-state index is 0.0405. The molecule has 0 aliphatic carbocycles. The lowest BCUT2D eigenvalue weighted by Crippen LogP contribution is -2.43. The minimum Gasteiger partial charge on any atom is -0.460 e. The van der Waals surface area contributed by atoms with Crippen molar-refractivity contribution in [1.29, 1.82) is 0 Å². The summed E-state index contributed by atoms with van der Waals surface area (Å²) in [6.45, 7) is 5.06. The second-order valence-corrected chi connectivity index (χ2v) is 5.43. The average Bonchev–Trinajstić information content (AvgIpc) is 2.60. The lowest BCUT2D eigenvalue weighted by atomic mass is 9.82. The molecule has 0 aromatic heterocycles. The number of carbonyl (C=O) groups is 3. The minimum atomic E-state index is -1.44. The summed E-state index contributed by atoms with van der Waals surface area (Å²) in [5, 5.41) is 0. The first kappa shape index (κ1) is 19.6. The maximum absolute atomic E-state index is 12.5. The Morgan fingerprint density at radius 1 is 1.04 bits per heavy atom. The summed E-state index contributed by atoms with van der Waals surface area (Å²) >= 11 is 0. The van der Waals surface area contributed by atoms with Crippen LogP contribution >= 0.6 is 0 Å². The van der Waals surface area contributed by atoms with Gasteiger partial charge in [-0.2, -0.15) is 5.48 Å². The molecule has 0 bridgehead atoms. The Hall–Kier alpha value is -2.41. The predicted molar refractivity (Wildman–Crippen MR) is 87.1 cm³/mol. The molecule has 1 rings (SSSR count). The zero-order valence-corrected chi connectivity index (χ0v) is 14.3. The topological polar surface area (TPSA) is 108 Å². The van der Waals surface area contributed by atoms with Crippen molar-refractivity contribution >= 4 is 17.8 Å². The Kier molecular flexibility index (Phi) is 7.38. The molecule has 0 spiro atoms. The van der Waals surface area contributed by atoms with Crippen molar-refractivity contribution < 1.29 is 24.0 Å². The Bertz CT molecular complexity index is 579. The molecule has 0 unspecified atom stereocenters. The first-order valence-corrected chi connectivity index (χ1v) is 7.82. The van der Waals surface area contributed by atoms with Crippen molar-refractivity contribution in [2.75, 3.05) is 0 Å². The highest BCUT2D eigenvalue weighted by Crippen LogP contribution is 2.30. The lowest BCUT2D eigenvalue weighted by Gasteiger charge is -2.26. The summed E-state index contributed by atoms with van der Waals surface area (Å²) in [5.41, 5.74) is 7.80. The highest BCUT2D eigenvalue weighted by molar-refractivity contribution is 6.00. The molecule has 7 heteroatoms. The molecule has 0 heterocycles. The number of hydroxylamine groups is 1. The van der Waals surface area contributed by atoms with Gasteiger partial charge in [-0.15, -0.1) is 0 Å². The molecule has 0 saturated carbocycles. The van der Waals surface area contributed by atoms with E-state index < -0.39 is 23.3 Å². The van der Waals surface area contributed by atoms with E-state index in [0.717, 1.165) is 11.1 Å². The SMILES string of the molecule is CCC(CC)(C(=O)OCc1ccc(CN)cc1)C(=O)ONC(C)=O. The number of ether oxygens (including phenoxy) is 1. The number of nitrogens with two attached hydrogens (primary N) is 1. The number of hydrogen-bond acceptors (Lipinski definition) is 6. The van der Waals surface area contributed by atoms with Crippen molar-refractivity contribution in [3.8, 4) is 0 Å². The Balaban J connectivity index is 2.77. The fourth-order valence-corrected chi connectivity index (χ4v) is 2.19. The van der Waals surface area contributed by atoms with Crippen LogP contribution in [0.25, 0.3) is 0 Å². The van der Waals surface area contributed by atoms with Crippen molar-refractivity contribution in [1.82, 2.24) is 5.48 Å². The number of nitrogens with one attached hydrogen (secondary N) is 1. The molecule has 1 aromatic carbocycles. The molecule has 0 radical (unpaired) electrons. The predicted octanol–water partition coefficient (Wildman–Crippen LogP) is 1.59. The molecule has 1 aromatic rings. The monoisotopic (exact) mass is 336 g/mol. The molecule has 132 valence electrons. The van der Waals surface area contributed by atoms with E-state index >= 15 is 0 Å². The summed E-state index contributed by atoms with van der Waals surface area (Å²) in [6, 6.07) is 7.32. The third-order valence-corrected chi connectivity index (χ3v) is 3.90. The summed E-state index contributed by atoms with van der Waals surface area (Å²) in [5.74, 6) is -2.03. The maximum Gasteiger partial charge on any atom is 0.349 e. The summed E-state index contributed by atoms with van der Waals surface area (Å²) < 4.78 is 5.29. The smallest absolute Gasteiger partial charge is 0.349 e. The van der Waals surface area contributed by atoms with Gasteiger partial charge in [-0.05, 0) is 24.0 Å². The van der Waals surface area contributed by atoms with Crippen LogP contribution in [-0.4, -0.2) is 17.8 Å². The van der Waals surface area contributed by atoms with Crippen LogP contribution in [-0.2, 0) is 37.1 Å². The standard InChI is InChI=1S/C17H24N2O5/c1-4-17(5-2,16(22)24-19-12(3)20)15(21)23-11-14-8-6-13(10-18)7-9-14/h6-9H,4-5,10-11,18H2,1-3H3,(H,19,20). The first-order chi connectivity index (χ1) is 11.4. The Labute approximate surface area is 141 Å². The fourth-order valence-electron chi connectivity index (χ4n) is 2.19. The van der Waals surface area contributed by atoms with Gasteiger partial charge in [0.2, 0.25) is 5.91 Å². The van der Waals surface area contributed by atoms with Crippen LogP contribution in [0.4, 0.5) is 0 Å². The molecule has 7 nitrogen and oxygen atoms in total. The molecule has 0 aliphatic heterocycles. The van der Waals surface area contributed by atoms with Gasteiger partial charge in [0.25, 0.3) is 0 Å². The maximum atomic E-state index is 12.5. The molecule has 0 aliphatic rings. The van der Waals surface area contributed by atoms with Crippen molar-refractivity contribution in [3.63, 3.8) is 0 Å². The highest BCUT2D eigenvalue weighted by atomic mass is 16.7. The average molecular weight is 336 g/mol. The van der Waals surface area contributed by atoms with Gasteiger partial charge >= 0.3 is 11.9 Å². The van der Waals surface area contributed by atoms with E-state index in [1.54, 1.807) is 13.8 Å². The van der Waals surface area contributed by atoms with Crippen LogP contribution < -0.4 is 11.2 Å². The van der Waals surface area contributed by atoms with E-state index in [1.807, 2.05) is 29.7 Å². The van der Waals surface area contributed by atoms with Gasteiger partial charge in [0, 0.05) is 13.5 Å². The van der Waals surface area contributed by atoms with Crippen LogP contribution in [0.5, 0.6) is 0 Å². The number of amides is 1. The lowest BCUT2D eigenvalue weighted by molar-refractivity contribution is -0.180. The van der Waals surface area contributed by atoms with E-state index in [1.165, 1.54) is 6.92 Å². The fraction of sp³-hybridized carbons (Fsp3) is 0.471. The van der Waals surface area contributed by atoms with Gasteiger partial charge in [0.1, 0.15) is 6.61 Å². The van der Waals surface area contributed by atoms with Crippen molar-refractivity contribution in [2.24, 2.45) is 11.1 Å². The normalized spacial score (nSPS) is 10.8. The largest absolute Gasteiger partial charge is 0.460 e. The van der Waals surface area contributed by atoms with E-state index in [-0.39, 0.29) is 19.4 Å². The zero-order valence-electron chi connectivity index (χ0n) is 14.3. The van der Waals surface area contributed by atoms with Crippen LogP contribution in [0.2, 0.25) is 0 Å². The van der Waals surface area contributed by atoms with Gasteiger partial charge in [0.05, 0.1) is 0 Å². The first-order valence-electron chi connectivity index (χ1n) is 7.82. The molecular formula is C17H24N2O5. The number of esters is 1. The number of benzene rings is 1.